The van der Waals surface area contributed by atoms with E-state index in [2.05, 4.69) is 20.2 Å². The number of nitrogens with one attached hydrogen (secondary N) is 2. The van der Waals surface area contributed by atoms with Crippen molar-refractivity contribution in [1.82, 2.24) is 9.88 Å². The molecule has 0 saturated carbocycles. The van der Waals surface area contributed by atoms with E-state index in [9.17, 15) is 9.59 Å². The number of hydrogen-bond donors (Lipinski definition) is 2. The summed E-state index contributed by atoms with van der Waals surface area (Å²) in [5, 5.41) is 6.73. The lowest BCUT2D eigenvalue weighted by atomic mass is 10.2. The van der Waals surface area contributed by atoms with Crippen LogP contribution in [0.15, 0.2) is 58.4 Å². The first kappa shape index (κ1) is 23.2. The molecule has 1 aliphatic heterocycles. The fourth-order valence-corrected chi connectivity index (χ4v) is 4.70. The van der Waals surface area contributed by atoms with Crippen LogP contribution in [0.25, 0.3) is 11.8 Å². The minimum atomic E-state index is -0.221. The van der Waals surface area contributed by atoms with Crippen LogP contribution in [0.5, 0.6) is 0 Å². The molecule has 1 aliphatic rings. The molecule has 1 fully saturated rings. The molecule has 1 saturated heterocycles. The summed E-state index contributed by atoms with van der Waals surface area (Å²) in [5.41, 5.74) is 5.14. The zero-order chi connectivity index (χ0) is 23.7. The number of anilines is 1. The van der Waals surface area contributed by atoms with Gasteiger partial charge in [0.25, 0.3) is 5.91 Å². The molecule has 0 radical (unpaired) electrons. The van der Waals surface area contributed by atoms with Crippen molar-refractivity contribution in [2.24, 2.45) is 4.99 Å². The van der Waals surface area contributed by atoms with Gasteiger partial charge in [-0.3, -0.25) is 9.59 Å². The number of benzene rings is 2. The summed E-state index contributed by atoms with van der Waals surface area (Å²) in [7, 11) is 0. The van der Waals surface area contributed by atoms with Crippen molar-refractivity contribution in [2.45, 2.75) is 20.8 Å². The molecule has 1 aromatic heterocycles. The summed E-state index contributed by atoms with van der Waals surface area (Å²) in [6.45, 7) is 5.48. The van der Waals surface area contributed by atoms with E-state index in [0.717, 1.165) is 28.3 Å². The summed E-state index contributed by atoms with van der Waals surface area (Å²) in [6.07, 6.45) is 1.85. The third kappa shape index (κ3) is 5.00. The number of aliphatic imine (C=N–C) groups is 1. The van der Waals surface area contributed by atoms with E-state index in [0.29, 0.717) is 25.8 Å². The van der Waals surface area contributed by atoms with Gasteiger partial charge in [0.05, 0.1) is 20.6 Å². The van der Waals surface area contributed by atoms with Gasteiger partial charge in [0, 0.05) is 29.7 Å². The van der Waals surface area contributed by atoms with Crippen LogP contribution < -0.4 is 10.6 Å². The molecule has 0 atom stereocenters. The highest BCUT2D eigenvalue weighted by Crippen LogP contribution is 2.35. The van der Waals surface area contributed by atoms with E-state index in [1.54, 1.807) is 18.2 Å². The first-order valence-electron chi connectivity index (χ1n) is 10.0. The van der Waals surface area contributed by atoms with Crippen LogP contribution in [0.4, 0.5) is 11.4 Å². The number of rotatable bonds is 4. The van der Waals surface area contributed by atoms with Crippen molar-refractivity contribution in [2.75, 3.05) is 5.32 Å². The molecule has 33 heavy (non-hydrogen) atoms. The Morgan fingerprint density at radius 3 is 2.58 bits per heavy atom. The molecule has 0 bridgehead atoms. The highest BCUT2D eigenvalue weighted by Gasteiger charge is 2.25. The Labute approximate surface area is 205 Å². The maximum Gasteiger partial charge on any atom is 0.264 e. The fraction of sp³-hybridized carbons (Fsp3) is 0.125. The number of nitrogens with zero attached hydrogens (tertiary/aromatic N) is 2. The van der Waals surface area contributed by atoms with E-state index in [-0.39, 0.29) is 11.8 Å². The van der Waals surface area contributed by atoms with E-state index in [4.69, 9.17) is 23.2 Å². The standard InChI is InChI=1S/C24H20Cl2N4O2S/c1-13-11-16(14(2)30(13)18-9-7-17(8-10-18)27-15(3)31)12-21-23(32)29-24(33-21)28-20-6-4-5-19(25)22(20)26/h4-12H,1-3H3,(H,27,31)(H,28,29,32)/b21-12-. The average molecular weight is 499 g/mol. The Morgan fingerprint density at radius 2 is 1.88 bits per heavy atom. The average Bonchev–Trinajstić information content (AvgIpc) is 3.24. The molecular weight excluding hydrogens is 479 g/mol. The minimum absolute atomic E-state index is 0.113. The maximum atomic E-state index is 12.5. The van der Waals surface area contributed by atoms with Crippen LogP contribution in [0, 0.1) is 13.8 Å². The lowest BCUT2D eigenvalue weighted by molar-refractivity contribution is -0.115. The van der Waals surface area contributed by atoms with Crippen molar-refractivity contribution in [3.8, 4) is 5.69 Å². The summed E-state index contributed by atoms with van der Waals surface area (Å²) >= 11 is 13.5. The van der Waals surface area contributed by atoms with Crippen molar-refractivity contribution >= 4 is 69.4 Å². The zero-order valence-electron chi connectivity index (χ0n) is 18.1. The van der Waals surface area contributed by atoms with Crippen LogP contribution in [-0.4, -0.2) is 21.5 Å². The van der Waals surface area contributed by atoms with Gasteiger partial charge in [-0.05, 0) is 79.7 Å². The number of carbonyl (C=O) groups is 2. The molecular formula is C24H20Cl2N4O2S. The van der Waals surface area contributed by atoms with E-state index >= 15 is 0 Å². The second kappa shape index (κ2) is 9.47. The van der Waals surface area contributed by atoms with Crippen molar-refractivity contribution in [1.29, 1.82) is 0 Å². The minimum Gasteiger partial charge on any atom is -0.326 e. The molecule has 0 aliphatic carbocycles. The van der Waals surface area contributed by atoms with Crippen LogP contribution in [-0.2, 0) is 9.59 Å². The quantitative estimate of drug-likeness (QED) is 0.417. The van der Waals surface area contributed by atoms with Gasteiger partial charge in [-0.1, -0.05) is 29.3 Å². The number of amidine groups is 1. The molecule has 2 amide bonds. The van der Waals surface area contributed by atoms with Crippen LogP contribution in [0.2, 0.25) is 10.0 Å². The van der Waals surface area contributed by atoms with Crippen LogP contribution in [0.1, 0.15) is 23.9 Å². The lowest BCUT2D eigenvalue weighted by Gasteiger charge is -2.11. The number of amides is 2. The molecule has 168 valence electrons. The largest absolute Gasteiger partial charge is 0.326 e. The Kier molecular flexibility index (Phi) is 6.65. The van der Waals surface area contributed by atoms with Crippen LogP contribution in [0.3, 0.4) is 0 Å². The number of hydrogen-bond acceptors (Lipinski definition) is 4. The van der Waals surface area contributed by atoms with Gasteiger partial charge in [-0.25, -0.2) is 4.99 Å². The summed E-state index contributed by atoms with van der Waals surface area (Å²) in [4.78, 5) is 28.8. The second-order valence-electron chi connectivity index (χ2n) is 7.44. The number of halogens is 2. The van der Waals surface area contributed by atoms with E-state index < -0.39 is 0 Å². The number of aromatic nitrogens is 1. The third-order valence-electron chi connectivity index (χ3n) is 5.01. The topological polar surface area (TPSA) is 75.5 Å². The Hall–Kier alpha value is -3.00. The normalized spacial score (nSPS) is 15.8. The third-order valence-corrected chi connectivity index (χ3v) is 6.73. The van der Waals surface area contributed by atoms with Gasteiger partial charge in [0.1, 0.15) is 0 Å². The van der Waals surface area contributed by atoms with Gasteiger partial charge in [0.15, 0.2) is 5.17 Å². The first-order chi connectivity index (χ1) is 15.7. The molecule has 6 nitrogen and oxygen atoms in total. The molecule has 0 spiro atoms. The molecule has 2 heterocycles. The van der Waals surface area contributed by atoms with Gasteiger partial charge in [0.2, 0.25) is 5.91 Å². The fourth-order valence-electron chi connectivity index (χ4n) is 3.54. The van der Waals surface area contributed by atoms with E-state index in [1.807, 2.05) is 50.3 Å². The van der Waals surface area contributed by atoms with Crippen molar-refractivity contribution in [3.63, 3.8) is 0 Å². The van der Waals surface area contributed by atoms with Crippen molar-refractivity contribution < 1.29 is 9.59 Å². The number of carbonyl (C=O) groups excluding carboxylic acids is 2. The summed E-state index contributed by atoms with van der Waals surface area (Å²) in [6, 6.07) is 14.8. The van der Waals surface area contributed by atoms with Crippen LogP contribution >= 0.6 is 35.0 Å². The SMILES string of the molecule is CC(=O)Nc1ccc(-n2c(C)cc(/C=C3\SC(=Nc4cccc(Cl)c4Cl)NC3=O)c2C)cc1. The Balaban J connectivity index is 1.61. The molecule has 3 aromatic rings. The Morgan fingerprint density at radius 1 is 1.15 bits per heavy atom. The highest BCUT2D eigenvalue weighted by atomic mass is 35.5. The molecule has 2 N–H and O–H groups in total. The smallest absolute Gasteiger partial charge is 0.264 e. The summed E-state index contributed by atoms with van der Waals surface area (Å²) in [5.74, 6) is -0.334. The van der Waals surface area contributed by atoms with Gasteiger partial charge < -0.3 is 15.2 Å². The first-order valence-corrected chi connectivity index (χ1v) is 11.6. The monoisotopic (exact) mass is 498 g/mol. The number of thioether (sulfide) groups is 1. The maximum absolute atomic E-state index is 12.5. The van der Waals surface area contributed by atoms with Gasteiger partial charge in [-0.2, -0.15) is 0 Å². The van der Waals surface area contributed by atoms with E-state index in [1.165, 1.54) is 18.7 Å². The molecule has 2 aromatic carbocycles. The predicted octanol–water partition coefficient (Wildman–Crippen LogP) is 6.25. The van der Waals surface area contributed by atoms with Gasteiger partial charge in [-0.15, -0.1) is 0 Å². The molecule has 0 unspecified atom stereocenters. The Bertz CT molecular complexity index is 1330. The number of aryl methyl sites for hydroxylation is 1. The van der Waals surface area contributed by atoms with Crippen molar-refractivity contribution in [3.05, 3.63) is 80.4 Å². The summed E-state index contributed by atoms with van der Waals surface area (Å²) < 4.78 is 2.10. The molecule has 4 rings (SSSR count). The molecule has 9 heteroatoms. The highest BCUT2D eigenvalue weighted by molar-refractivity contribution is 8.18. The zero-order valence-corrected chi connectivity index (χ0v) is 20.4. The second-order valence-corrected chi connectivity index (χ2v) is 9.26. The predicted molar refractivity (Wildman–Crippen MR) is 137 cm³/mol. The van der Waals surface area contributed by atoms with Gasteiger partial charge >= 0.3 is 0 Å². The lowest BCUT2D eigenvalue weighted by Crippen LogP contribution is -2.19.